The Morgan fingerprint density at radius 1 is 1.12 bits per heavy atom. The van der Waals surface area contributed by atoms with E-state index in [0.717, 1.165) is 30.9 Å². The zero-order valence-corrected chi connectivity index (χ0v) is 13.1. The lowest BCUT2D eigenvalue weighted by atomic mass is 9.80. The van der Waals surface area contributed by atoms with Crippen LogP contribution in [0.15, 0.2) is 36.4 Å². The average molecular weight is 325 g/mol. The Hall–Kier alpha value is -2.67. The Balaban J connectivity index is 1.89. The van der Waals surface area contributed by atoms with E-state index >= 15 is 0 Å². The molecule has 1 saturated carbocycles. The van der Waals surface area contributed by atoms with E-state index in [1.807, 2.05) is 6.07 Å². The molecule has 0 bridgehead atoms. The van der Waals surface area contributed by atoms with Crippen molar-refractivity contribution in [2.24, 2.45) is 11.7 Å². The van der Waals surface area contributed by atoms with Gasteiger partial charge in [0.25, 0.3) is 0 Å². The van der Waals surface area contributed by atoms with Gasteiger partial charge in [0.2, 0.25) is 5.91 Å². The Morgan fingerprint density at radius 3 is 2.54 bits per heavy atom. The Bertz CT molecular complexity index is 844. The van der Waals surface area contributed by atoms with Crippen LogP contribution in [0.1, 0.15) is 46.3 Å². The predicted molar refractivity (Wildman–Crippen MR) is 88.3 cm³/mol. The first-order valence-corrected chi connectivity index (χ1v) is 7.93. The zero-order valence-electron chi connectivity index (χ0n) is 13.1. The third-order valence-corrected chi connectivity index (χ3v) is 4.38. The van der Waals surface area contributed by atoms with Crippen LogP contribution in [0, 0.1) is 29.4 Å². The summed E-state index contributed by atoms with van der Waals surface area (Å²) in [6.45, 7) is 0. The van der Waals surface area contributed by atoms with E-state index in [9.17, 15) is 13.6 Å². The maximum Gasteiger partial charge on any atom is 0.248 e. The molecule has 24 heavy (non-hydrogen) atoms. The molecule has 0 saturated heterocycles. The van der Waals surface area contributed by atoms with Gasteiger partial charge in [-0.3, -0.25) is 4.79 Å². The summed E-state index contributed by atoms with van der Waals surface area (Å²) < 4.78 is 26.5. The van der Waals surface area contributed by atoms with Gasteiger partial charge in [-0.1, -0.05) is 31.1 Å². The van der Waals surface area contributed by atoms with Gasteiger partial charge in [0.05, 0.1) is 5.56 Å². The molecule has 0 spiro atoms. The van der Waals surface area contributed by atoms with E-state index in [1.165, 1.54) is 18.6 Å². The molecule has 122 valence electrons. The van der Waals surface area contributed by atoms with Crippen LogP contribution < -0.4 is 5.73 Å². The lowest BCUT2D eigenvalue weighted by Gasteiger charge is -2.26. The van der Waals surface area contributed by atoms with Crippen LogP contribution in [0.2, 0.25) is 0 Å². The number of nitrogens with two attached hydrogens (primary N) is 1. The SMILES string of the molecule is NC(=O)c1ccc(C#Cc2ccc(F)cc2F)cc1CC1CCC1. The molecular weight excluding hydrogens is 308 g/mol. The number of benzene rings is 2. The number of primary amides is 1. The first kappa shape index (κ1) is 16.2. The van der Waals surface area contributed by atoms with E-state index < -0.39 is 17.5 Å². The lowest BCUT2D eigenvalue weighted by molar-refractivity contribution is 0.0999. The summed E-state index contributed by atoms with van der Waals surface area (Å²) in [5, 5.41) is 0. The summed E-state index contributed by atoms with van der Waals surface area (Å²) in [6.07, 6.45) is 4.35. The van der Waals surface area contributed by atoms with Gasteiger partial charge >= 0.3 is 0 Å². The number of halogens is 2. The molecule has 1 amide bonds. The van der Waals surface area contributed by atoms with E-state index in [0.29, 0.717) is 17.0 Å². The largest absolute Gasteiger partial charge is 0.366 e. The molecule has 0 radical (unpaired) electrons. The van der Waals surface area contributed by atoms with Crippen molar-refractivity contribution < 1.29 is 13.6 Å². The van der Waals surface area contributed by atoms with Gasteiger partial charge in [0, 0.05) is 17.2 Å². The lowest BCUT2D eigenvalue weighted by Crippen LogP contribution is -2.19. The number of rotatable bonds is 3. The first-order chi connectivity index (χ1) is 11.5. The quantitative estimate of drug-likeness (QED) is 0.857. The van der Waals surface area contributed by atoms with Crippen molar-refractivity contribution in [3.8, 4) is 11.8 Å². The van der Waals surface area contributed by atoms with Gasteiger partial charge in [-0.15, -0.1) is 0 Å². The summed E-state index contributed by atoms with van der Waals surface area (Å²) in [4.78, 5) is 11.6. The molecule has 1 aliphatic carbocycles. The van der Waals surface area contributed by atoms with Gasteiger partial charge in [-0.05, 0) is 48.2 Å². The molecule has 0 unspecified atom stereocenters. The topological polar surface area (TPSA) is 43.1 Å². The molecule has 2 aromatic carbocycles. The monoisotopic (exact) mass is 325 g/mol. The van der Waals surface area contributed by atoms with Crippen LogP contribution in [-0.4, -0.2) is 5.91 Å². The van der Waals surface area contributed by atoms with Crippen molar-refractivity contribution in [2.45, 2.75) is 25.7 Å². The highest BCUT2D eigenvalue weighted by molar-refractivity contribution is 5.94. The van der Waals surface area contributed by atoms with E-state index in [2.05, 4.69) is 11.8 Å². The summed E-state index contributed by atoms with van der Waals surface area (Å²) in [6, 6.07) is 8.49. The van der Waals surface area contributed by atoms with Crippen LogP contribution in [-0.2, 0) is 6.42 Å². The second-order valence-electron chi connectivity index (χ2n) is 6.11. The number of carbonyl (C=O) groups is 1. The van der Waals surface area contributed by atoms with Gasteiger partial charge < -0.3 is 5.73 Å². The Labute approximate surface area is 139 Å². The minimum absolute atomic E-state index is 0.135. The van der Waals surface area contributed by atoms with Crippen LogP contribution in [0.3, 0.4) is 0 Å². The first-order valence-electron chi connectivity index (χ1n) is 7.93. The second-order valence-corrected chi connectivity index (χ2v) is 6.11. The van der Waals surface area contributed by atoms with Crippen molar-refractivity contribution in [3.05, 3.63) is 70.3 Å². The minimum atomic E-state index is -0.689. The zero-order chi connectivity index (χ0) is 17.1. The molecular formula is C20H17F2NO. The fourth-order valence-corrected chi connectivity index (χ4v) is 2.82. The smallest absolute Gasteiger partial charge is 0.248 e. The van der Waals surface area contributed by atoms with Crippen molar-refractivity contribution >= 4 is 5.91 Å². The summed E-state index contributed by atoms with van der Waals surface area (Å²) in [7, 11) is 0. The van der Waals surface area contributed by atoms with Crippen molar-refractivity contribution in [3.63, 3.8) is 0 Å². The number of hydrogen-bond acceptors (Lipinski definition) is 1. The average Bonchev–Trinajstić information content (AvgIpc) is 2.50. The second kappa shape index (κ2) is 6.84. The third kappa shape index (κ3) is 3.62. The highest BCUT2D eigenvalue weighted by Crippen LogP contribution is 2.31. The van der Waals surface area contributed by atoms with E-state index in [4.69, 9.17) is 5.73 Å². The molecule has 2 N–H and O–H groups in total. The molecule has 0 heterocycles. The molecule has 4 heteroatoms. The van der Waals surface area contributed by atoms with Crippen LogP contribution in [0.25, 0.3) is 0 Å². The van der Waals surface area contributed by atoms with E-state index in [1.54, 1.807) is 12.1 Å². The highest BCUT2D eigenvalue weighted by Gasteiger charge is 2.20. The number of amides is 1. The molecule has 1 fully saturated rings. The van der Waals surface area contributed by atoms with Gasteiger partial charge in [0.1, 0.15) is 11.6 Å². The van der Waals surface area contributed by atoms with Crippen LogP contribution >= 0.6 is 0 Å². The number of carbonyl (C=O) groups excluding carboxylic acids is 1. The Morgan fingerprint density at radius 2 is 1.92 bits per heavy atom. The number of hydrogen-bond donors (Lipinski definition) is 1. The standard InChI is InChI=1S/C20H17F2NO/c21-17-8-7-15(19(22)12-17)6-4-14-5-9-18(20(23)24)16(11-14)10-13-2-1-3-13/h5,7-9,11-13H,1-3,10H2,(H2,23,24). The van der Waals surface area contributed by atoms with Gasteiger partial charge in [0.15, 0.2) is 0 Å². The predicted octanol–water partition coefficient (Wildman–Crippen LogP) is 3.81. The maximum atomic E-state index is 13.6. The van der Waals surface area contributed by atoms with Gasteiger partial charge in [-0.2, -0.15) is 0 Å². The van der Waals surface area contributed by atoms with Crippen molar-refractivity contribution in [2.75, 3.05) is 0 Å². The fourth-order valence-electron chi connectivity index (χ4n) is 2.82. The normalized spacial score (nSPS) is 13.8. The summed E-state index contributed by atoms with van der Waals surface area (Å²) >= 11 is 0. The molecule has 0 atom stereocenters. The fraction of sp³-hybridized carbons (Fsp3) is 0.250. The van der Waals surface area contributed by atoms with Crippen molar-refractivity contribution in [1.29, 1.82) is 0 Å². The highest BCUT2D eigenvalue weighted by atomic mass is 19.1. The summed E-state index contributed by atoms with van der Waals surface area (Å²) in [5.74, 6) is 4.39. The molecule has 2 aromatic rings. The van der Waals surface area contributed by atoms with Crippen LogP contribution in [0.5, 0.6) is 0 Å². The maximum absolute atomic E-state index is 13.6. The minimum Gasteiger partial charge on any atom is -0.366 e. The summed E-state index contributed by atoms with van der Waals surface area (Å²) in [5.41, 5.74) is 7.65. The van der Waals surface area contributed by atoms with E-state index in [-0.39, 0.29) is 5.56 Å². The van der Waals surface area contributed by atoms with Crippen molar-refractivity contribution in [1.82, 2.24) is 0 Å². The molecule has 0 aromatic heterocycles. The molecule has 3 rings (SSSR count). The Kier molecular flexibility index (Phi) is 4.61. The molecule has 0 aliphatic heterocycles. The van der Waals surface area contributed by atoms with Gasteiger partial charge in [-0.25, -0.2) is 8.78 Å². The molecule has 1 aliphatic rings. The van der Waals surface area contributed by atoms with Crippen LogP contribution in [0.4, 0.5) is 8.78 Å². The third-order valence-electron chi connectivity index (χ3n) is 4.38. The molecule has 2 nitrogen and oxygen atoms in total.